The number of nitrogens with zero attached hydrogens (tertiary/aromatic N) is 2. The van der Waals surface area contributed by atoms with Crippen LogP contribution in [0.15, 0.2) is 47.4 Å². The van der Waals surface area contributed by atoms with E-state index in [9.17, 15) is 18.0 Å². The van der Waals surface area contributed by atoms with Crippen molar-refractivity contribution in [1.82, 2.24) is 14.5 Å². The SMILES string of the molecule is CCCNC(=O)[C@H](CC)N(Cc1c(Cl)cccc1Cl)C(=O)CN(C)S(=O)(=O)c1ccc(Cl)cc1. The van der Waals surface area contributed by atoms with E-state index < -0.39 is 28.5 Å². The summed E-state index contributed by atoms with van der Waals surface area (Å²) in [5.41, 5.74) is 0.476. The first-order chi connectivity index (χ1) is 16.0. The van der Waals surface area contributed by atoms with Crippen molar-refractivity contribution in [2.24, 2.45) is 0 Å². The third-order valence-corrected chi connectivity index (χ3v) is 7.98. The topological polar surface area (TPSA) is 86.8 Å². The molecule has 2 aromatic carbocycles. The summed E-state index contributed by atoms with van der Waals surface area (Å²) in [7, 11) is -2.66. The zero-order chi connectivity index (χ0) is 25.5. The van der Waals surface area contributed by atoms with E-state index in [1.165, 1.54) is 36.2 Å². The molecular formula is C23H28Cl3N3O4S. The fourth-order valence-electron chi connectivity index (χ4n) is 3.29. The maximum atomic E-state index is 13.4. The fraction of sp³-hybridized carbons (Fsp3) is 0.391. The first-order valence-corrected chi connectivity index (χ1v) is 13.3. The molecule has 0 saturated heterocycles. The van der Waals surface area contributed by atoms with Gasteiger partial charge < -0.3 is 10.2 Å². The monoisotopic (exact) mass is 547 g/mol. The van der Waals surface area contributed by atoms with Crippen LogP contribution in [0.3, 0.4) is 0 Å². The van der Waals surface area contributed by atoms with Gasteiger partial charge in [-0.2, -0.15) is 4.31 Å². The molecule has 0 aliphatic heterocycles. The highest BCUT2D eigenvalue weighted by Crippen LogP contribution is 2.27. The van der Waals surface area contributed by atoms with Gasteiger partial charge in [0.25, 0.3) is 0 Å². The minimum atomic E-state index is -3.97. The van der Waals surface area contributed by atoms with E-state index in [1.54, 1.807) is 25.1 Å². The zero-order valence-corrected chi connectivity index (χ0v) is 22.3. The Hall–Kier alpha value is -1.84. The smallest absolute Gasteiger partial charge is 0.243 e. The van der Waals surface area contributed by atoms with E-state index in [1.807, 2.05) is 6.92 Å². The van der Waals surface area contributed by atoms with Crippen molar-refractivity contribution in [1.29, 1.82) is 0 Å². The van der Waals surface area contributed by atoms with Gasteiger partial charge in [0.1, 0.15) is 6.04 Å². The van der Waals surface area contributed by atoms with Gasteiger partial charge in [-0.3, -0.25) is 9.59 Å². The summed E-state index contributed by atoms with van der Waals surface area (Å²) in [4.78, 5) is 27.6. The third kappa shape index (κ3) is 7.09. The van der Waals surface area contributed by atoms with Crippen LogP contribution in [-0.2, 0) is 26.2 Å². The summed E-state index contributed by atoms with van der Waals surface area (Å²) in [5.74, 6) is -0.890. The number of likely N-dealkylation sites (N-methyl/N-ethyl adjacent to an activating group) is 1. The molecule has 0 fully saturated rings. The summed E-state index contributed by atoms with van der Waals surface area (Å²) in [6.07, 6.45) is 1.05. The molecule has 186 valence electrons. The highest BCUT2D eigenvalue weighted by atomic mass is 35.5. The average molecular weight is 549 g/mol. The minimum Gasteiger partial charge on any atom is -0.354 e. The summed E-state index contributed by atoms with van der Waals surface area (Å²) in [6, 6.07) is 9.78. The number of carbonyl (C=O) groups excluding carboxylic acids is 2. The average Bonchev–Trinajstić information content (AvgIpc) is 2.79. The molecular weight excluding hydrogens is 521 g/mol. The van der Waals surface area contributed by atoms with Crippen molar-refractivity contribution in [3.8, 4) is 0 Å². The van der Waals surface area contributed by atoms with Crippen molar-refractivity contribution in [3.05, 3.63) is 63.1 Å². The van der Waals surface area contributed by atoms with Crippen molar-refractivity contribution in [3.63, 3.8) is 0 Å². The first kappa shape index (κ1) is 28.4. The molecule has 0 unspecified atom stereocenters. The molecule has 2 aromatic rings. The maximum Gasteiger partial charge on any atom is 0.243 e. The lowest BCUT2D eigenvalue weighted by Crippen LogP contribution is -2.51. The molecule has 1 N–H and O–H groups in total. The van der Waals surface area contributed by atoms with Gasteiger partial charge in [-0.15, -0.1) is 0 Å². The number of rotatable bonds is 11. The predicted octanol–water partition coefficient (Wildman–Crippen LogP) is 4.60. The molecule has 0 aliphatic carbocycles. The molecule has 1 atom stereocenters. The van der Waals surface area contributed by atoms with Crippen LogP contribution >= 0.6 is 34.8 Å². The molecule has 0 aliphatic rings. The number of benzene rings is 2. The second kappa shape index (κ2) is 12.7. The number of amides is 2. The molecule has 0 spiro atoms. The summed E-state index contributed by atoms with van der Waals surface area (Å²) in [5, 5.41) is 3.89. The van der Waals surface area contributed by atoms with Gasteiger partial charge in [-0.1, -0.05) is 54.7 Å². The predicted molar refractivity (Wildman–Crippen MR) is 136 cm³/mol. The van der Waals surface area contributed by atoms with Gasteiger partial charge in [0.15, 0.2) is 0 Å². The number of sulfonamides is 1. The lowest BCUT2D eigenvalue weighted by Gasteiger charge is -2.32. The minimum absolute atomic E-state index is 0.000582. The Bertz CT molecular complexity index is 1090. The van der Waals surface area contributed by atoms with Crippen molar-refractivity contribution in [2.75, 3.05) is 20.1 Å². The molecule has 0 radical (unpaired) electrons. The van der Waals surface area contributed by atoms with Crippen LogP contribution in [0.25, 0.3) is 0 Å². The van der Waals surface area contributed by atoms with E-state index in [4.69, 9.17) is 34.8 Å². The molecule has 0 heterocycles. The number of halogens is 3. The zero-order valence-electron chi connectivity index (χ0n) is 19.2. The van der Waals surface area contributed by atoms with E-state index in [0.29, 0.717) is 33.6 Å². The van der Waals surface area contributed by atoms with Crippen LogP contribution in [0.4, 0.5) is 0 Å². The van der Waals surface area contributed by atoms with Crippen LogP contribution in [0.5, 0.6) is 0 Å². The van der Waals surface area contributed by atoms with Gasteiger partial charge in [-0.05, 0) is 49.2 Å². The molecule has 34 heavy (non-hydrogen) atoms. The Morgan fingerprint density at radius 1 is 1.00 bits per heavy atom. The lowest BCUT2D eigenvalue weighted by molar-refractivity contribution is -0.141. The van der Waals surface area contributed by atoms with E-state index in [2.05, 4.69) is 5.32 Å². The number of nitrogens with one attached hydrogen (secondary N) is 1. The second-order valence-electron chi connectivity index (χ2n) is 7.65. The number of hydrogen-bond acceptors (Lipinski definition) is 4. The van der Waals surface area contributed by atoms with Crippen molar-refractivity contribution >= 4 is 56.6 Å². The first-order valence-electron chi connectivity index (χ1n) is 10.7. The van der Waals surface area contributed by atoms with Gasteiger partial charge in [-0.25, -0.2) is 8.42 Å². The lowest BCUT2D eigenvalue weighted by atomic mass is 10.1. The van der Waals surface area contributed by atoms with Gasteiger partial charge in [0, 0.05) is 40.8 Å². The van der Waals surface area contributed by atoms with Crippen LogP contribution in [0.2, 0.25) is 15.1 Å². The van der Waals surface area contributed by atoms with E-state index >= 15 is 0 Å². The second-order valence-corrected chi connectivity index (χ2v) is 10.9. The Kier molecular flexibility index (Phi) is 10.6. The highest BCUT2D eigenvalue weighted by Gasteiger charge is 2.32. The normalized spacial score (nSPS) is 12.4. The van der Waals surface area contributed by atoms with Crippen LogP contribution in [-0.4, -0.2) is 55.6 Å². The van der Waals surface area contributed by atoms with Gasteiger partial charge >= 0.3 is 0 Å². The largest absolute Gasteiger partial charge is 0.354 e. The van der Waals surface area contributed by atoms with E-state index in [0.717, 1.165) is 10.7 Å². The number of hydrogen-bond donors (Lipinski definition) is 1. The Morgan fingerprint density at radius 2 is 1.59 bits per heavy atom. The van der Waals surface area contributed by atoms with Crippen LogP contribution in [0, 0.1) is 0 Å². The Labute approximate surface area is 216 Å². The van der Waals surface area contributed by atoms with Gasteiger partial charge in [0.05, 0.1) is 11.4 Å². The van der Waals surface area contributed by atoms with Crippen molar-refractivity contribution in [2.45, 2.75) is 44.2 Å². The Balaban J connectivity index is 2.37. The third-order valence-electron chi connectivity index (χ3n) is 5.21. The summed E-state index contributed by atoms with van der Waals surface area (Å²) in [6.45, 7) is 3.62. The molecule has 11 heteroatoms. The maximum absolute atomic E-state index is 13.4. The molecule has 0 saturated carbocycles. The molecule has 7 nitrogen and oxygen atoms in total. The molecule has 2 rings (SSSR count). The van der Waals surface area contributed by atoms with Crippen LogP contribution in [0.1, 0.15) is 32.3 Å². The van der Waals surface area contributed by atoms with Crippen LogP contribution < -0.4 is 5.32 Å². The molecule has 0 aromatic heterocycles. The van der Waals surface area contributed by atoms with E-state index in [-0.39, 0.29) is 17.3 Å². The summed E-state index contributed by atoms with van der Waals surface area (Å²) >= 11 is 18.5. The standard InChI is InChI=1S/C23H28Cl3N3O4S/c1-4-13-27-23(31)21(5-2)29(14-18-19(25)7-6-8-20(18)26)22(30)15-28(3)34(32,33)17-11-9-16(24)10-12-17/h6-12,21H,4-5,13-15H2,1-3H3,(H,27,31)/t21-/m0/s1. The molecule has 0 bridgehead atoms. The van der Waals surface area contributed by atoms with Gasteiger partial charge in [0.2, 0.25) is 21.8 Å². The summed E-state index contributed by atoms with van der Waals surface area (Å²) < 4.78 is 26.9. The fourth-order valence-corrected chi connectivity index (χ4v) is 5.06. The quantitative estimate of drug-likeness (QED) is 0.445. The molecule has 2 amide bonds. The highest BCUT2D eigenvalue weighted by molar-refractivity contribution is 7.89. The van der Waals surface area contributed by atoms with Crippen molar-refractivity contribution < 1.29 is 18.0 Å². The Morgan fingerprint density at radius 3 is 2.12 bits per heavy atom. The number of carbonyl (C=O) groups is 2.